The van der Waals surface area contributed by atoms with Crippen molar-refractivity contribution in [2.24, 2.45) is 11.7 Å². The number of ether oxygens (including phenoxy) is 1. The number of nitrogens with one attached hydrogen (secondary N) is 7. The van der Waals surface area contributed by atoms with Crippen LogP contribution in [0.4, 0.5) is 4.79 Å². The van der Waals surface area contributed by atoms with Crippen LogP contribution in [0.1, 0.15) is 57.1 Å². The minimum atomic E-state index is -1.91. The minimum absolute atomic E-state index is 0.152. The Bertz CT molecular complexity index is 2080. The van der Waals surface area contributed by atoms with Gasteiger partial charge in [-0.25, -0.2) is 4.79 Å². The Balaban J connectivity index is 1.67. The maximum absolute atomic E-state index is 13.5. The highest BCUT2D eigenvalue weighted by Gasteiger charge is 2.36. The van der Waals surface area contributed by atoms with Crippen molar-refractivity contribution in [1.29, 1.82) is 0 Å². The lowest BCUT2D eigenvalue weighted by molar-refractivity contribution is -0.142. The lowest BCUT2D eigenvalue weighted by atomic mass is 9.98. The van der Waals surface area contributed by atoms with Gasteiger partial charge in [0, 0.05) is 5.92 Å². The van der Waals surface area contributed by atoms with Crippen molar-refractivity contribution in [2.75, 3.05) is 19.7 Å². The van der Waals surface area contributed by atoms with Gasteiger partial charge >= 0.3 is 24.0 Å². The van der Waals surface area contributed by atoms with Crippen molar-refractivity contribution >= 4 is 65.4 Å². The van der Waals surface area contributed by atoms with Crippen molar-refractivity contribution in [3.63, 3.8) is 0 Å². The summed E-state index contributed by atoms with van der Waals surface area (Å²) in [5.74, 6) is -13.9. The number of carbonyl (C=O) groups is 11. The van der Waals surface area contributed by atoms with E-state index in [9.17, 15) is 63.0 Å². The Morgan fingerprint density at radius 1 is 0.578 bits per heavy atom. The molecule has 346 valence electrons. The molecule has 64 heavy (non-hydrogen) atoms. The average Bonchev–Trinajstić information content (AvgIpc) is 3.53. The topological polar surface area (TPSA) is 388 Å². The highest BCUT2D eigenvalue weighted by Crippen LogP contribution is 2.44. The summed E-state index contributed by atoms with van der Waals surface area (Å²) < 4.78 is 5.46. The molecular formula is C40H50N8O16. The number of carboxylic acid groups (broad SMARTS) is 3. The van der Waals surface area contributed by atoms with Gasteiger partial charge in [-0.2, -0.15) is 0 Å². The third-order valence-corrected chi connectivity index (χ3v) is 9.55. The highest BCUT2D eigenvalue weighted by molar-refractivity contribution is 5.99. The molecule has 24 heteroatoms. The van der Waals surface area contributed by atoms with Crippen LogP contribution in [-0.2, 0) is 52.7 Å². The maximum Gasteiger partial charge on any atom is 0.407 e. The van der Waals surface area contributed by atoms with Gasteiger partial charge in [-0.3, -0.25) is 47.9 Å². The van der Waals surface area contributed by atoms with Gasteiger partial charge in [-0.05, 0) is 35.1 Å². The smallest absolute Gasteiger partial charge is 0.407 e. The summed E-state index contributed by atoms with van der Waals surface area (Å²) in [4.78, 5) is 137. The average molecular weight is 899 g/mol. The van der Waals surface area contributed by atoms with Crippen LogP contribution in [0.2, 0.25) is 0 Å². The molecule has 0 heterocycles. The van der Waals surface area contributed by atoms with Crippen molar-refractivity contribution < 1.29 is 77.9 Å². The molecule has 0 saturated heterocycles. The number of amides is 8. The normalized spacial score (nSPS) is 14.3. The van der Waals surface area contributed by atoms with Gasteiger partial charge in [-0.15, -0.1) is 0 Å². The Hall–Kier alpha value is -7.63. The first-order valence-electron chi connectivity index (χ1n) is 19.6. The molecule has 6 unspecified atom stereocenters. The lowest BCUT2D eigenvalue weighted by Gasteiger charge is -2.28. The number of primary amides is 1. The quantitative estimate of drug-likeness (QED) is 0.0500. The third kappa shape index (κ3) is 15.1. The molecule has 8 amide bonds. The maximum atomic E-state index is 13.5. The van der Waals surface area contributed by atoms with E-state index in [0.29, 0.717) is 0 Å². The second-order valence-electron chi connectivity index (χ2n) is 14.9. The first-order valence-corrected chi connectivity index (χ1v) is 19.6. The first kappa shape index (κ1) is 50.7. The highest BCUT2D eigenvalue weighted by atomic mass is 16.5. The molecule has 24 nitrogen and oxygen atoms in total. The van der Waals surface area contributed by atoms with E-state index in [-0.39, 0.29) is 12.5 Å². The lowest BCUT2D eigenvalue weighted by Crippen LogP contribution is -2.61. The van der Waals surface area contributed by atoms with Crippen molar-refractivity contribution in [3.8, 4) is 11.1 Å². The molecule has 2 aromatic rings. The Morgan fingerprint density at radius 2 is 1.05 bits per heavy atom. The molecule has 0 radical (unpaired) electrons. The number of aliphatic hydroxyl groups is 1. The number of hydrogen-bond donors (Lipinski definition) is 12. The Morgan fingerprint density at radius 3 is 1.52 bits per heavy atom. The zero-order valence-corrected chi connectivity index (χ0v) is 34.7. The van der Waals surface area contributed by atoms with Gasteiger partial charge in [-0.1, -0.05) is 62.4 Å². The van der Waals surface area contributed by atoms with E-state index in [1.54, 1.807) is 0 Å². The molecule has 6 atom stereocenters. The molecule has 13 N–H and O–H groups in total. The summed E-state index contributed by atoms with van der Waals surface area (Å²) in [5, 5.41) is 52.7. The summed E-state index contributed by atoms with van der Waals surface area (Å²) in [6.07, 6.45) is -5.59. The summed E-state index contributed by atoms with van der Waals surface area (Å²) in [5.41, 5.74) is 8.97. The van der Waals surface area contributed by atoms with Crippen LogP contribution < -0.4 is 43.0 Å². The van der Waals surface area contributed by atoms with E-state index >= 15 is 0 Å². The number of benzene rings is 2. The van der Waals surface area contributed by atoms with Gasteiger partial charge in [0.05, 0.1) is 31.9 Å². The monoisotopic (exact) mass is 898 g/mol. The molecule has 1 aliphatic rings. The van der Waals surface area contributed by atoms with Crippen LogP contribution >= 0.6 is 0 Å². The summed E-state index contributed by atoms with van der Waals surface area (Å²) in [6.45, 7) is 2.02. The number of carbonyl (C=O) groups excluding carboxylic acids is 8. The van der Waals surface area contributed by atoms with Gasteiger partial charge in [0.25, 0.3) is 0 Å². The fraction of sp³-hybridized carbons (Fsp3) is 0.425. The summed E-state index contributed by atoms with van der Waals surface area (Å²) in [7, 11) is 0. The molecule has 3 rings (SSSR count). The van der Waals surface area contributed by atoms with Gasteiger partial charge < -0.3 is 68.1 Å². The predicted molar refractivity (Wildman–Crippen MR) is 218 cm³/mol. The first-order chi connectivity index (χ1) is 30.1. The SMILES string of the molecule is CC(C)C(NC(=O)C(CC(=O)O)NC(=O)C(NC(=O)OCC1c2ccccc2-c2ccccc21)C(C)O)C(=O)NC(CC(N)=O)C(=O)NCC(=O)NC(CC(=O)O)C(=O)NCC(=O)O. The molecule has 0 saturated carbocycles. The predicted octanol–water partition coefficient (Wildman–Crippen LogP) is -2.99. The van der Waals surface area contributed by atoms with Crippen LogP contribution in [-0.4, -0.2) is 142 Å². The van der Waals surface area contributed by atoms with E-state index in [0.717, 1.165) is 29.2 Å². The number of hydrogen-bond acceptors (Lipinski definition) is 13. The Labute approximate surface area is 364 Å². The molecule has 0 bridgehead atoms. The molecule has 0 spiro atoms. The zero-order valence-electron chi connectivity index (χ0n) is 34.7. The molecule has 0 aliphatic heterocycles. The van der Waals surface area contributed by atoms with Crippen LogP contribution in [0.15, 0.2) is 48.5 Å². The second kappa shape index (κ2) is 23.5. The van der Waals surface area contributed by atoms with Crippen LogP contribution in [0.5, 0.6) is 0 Å². The van der Waals surface area contributed by atoms with Crippen molar-refractivity contribution in [3.05, 3.63) is 59.7 Å². The van der Waals surface area contributed by atoms with Crippen molar-refractivity contribution in [1.82, 2.24) is 37.2 Å². The standard InChI is InChI=1S/C40H50N8O16/c1-18(2)33(38(61)45-25(12-28(41)50)35(58)42-15-29(51)44-26(13-30(52)53)36(59)43-16-32(56)57)47-37(60)27(14-31(54)55)46-39(62)34(19(3)49)48-40(63)64-17-24-22-10-6-4-8-20(22)21-9-5-7-11-23(21)24/h4-11,18-19,24-27,33-34,49H,12-17H2,1-3H3,(H2,41,50)(H,42,58)(H,43,59)(H,44,51)(H,45,61)(H,46,62)(H,47,60)(H,48,63)(H,52,53)(H,54,55)(H,56,57). The number of aliphatic hydroxyl groups excluding tert-OH is 1. The van der Waals surface area contributed by atoms with Crippen LogP contribution in [0, 0.1) is 5.92 Å². The summed E-state index contributed by atoms with van der Waals surface area (Å²) in [6, 6.07) is 6.23. The minimum Gasteiger partial charge on any atom is -0.481 e. The van der Waals surface area contributed by atoms with Crippen molar-refractivity contribution in [2.45, 2.75) is 82.3 Å². The number of nitrogens with two attached hydrogens (primary N) is 1. The molecule has 2 aromatic carbocycles. The number of aliphatic carboxylic acids is 3. The van der Waals surface area contributed by atoms with E-state index in [1.165, 1.54) is 13.8 Å². The fourth-order valence-electron chi connectivity index (χ4n) is 6.48. The largest absolute Gasteiger partial charge is 0.481 e. The molecule has 0 fully saturated rings. The summed E-state index contributed by atoms with van der Waals surface area (Å²) >= 11 is 0. The third-order valence-electron chi connectivity index (χ3n) is 9.55. The number of rotatable bonds is 24. The van der Waals surface area contributed by atoms with Crippen LogP contribution in [0.25, 0.3) is 11.1 Å². The molecule has 1 aliphatic carbocycles. The number of fused-ring (bicyclic) bond motifs is 3. The Kier molecular flexibility index (Phi) is 18.7. The van der Waals surface area contributed by atoms with E-state index in [1.807, 2.05) is 59.2 Å². The number of carboxylic acids is 3. The fourth-order valence-corrected chi connectivity index (χ4v) is 6.48. The second-order valence-corrected chi connectivity index (χ2v) is 14.9. The van der Waals surface area contributed by atoms with Gasteiger partial charge in [0.15, 0.2) is 0 Å². The van der Waals surface area contributed by atoms with Crippen LogP contribution in [0.3, 0.4) is 0 Å². The van der Waals surface area contributed by atoms with Gasteiger partial charge in [0.1, 0.15) is 43.4 Å². The zero-order chi connectivity index (χ0) is 47.8. The molecular weight excluding hydrogens is 848 g/mol. The van der Waals surface area contributed by atoms with Gasteiger partial charge in [0.2, 0.25) is 41.4 Å². The van der Waals surface area contributed by atoms with E-state index < -0.39 is 140 Å². The van der Waals surface area contributed by atoms with E-state index in [2.05, 4.69) is 26.6 Å². The van der Waals surface area contributed by atoms with E-state index in [4.69, 9.17) is 20.7 Å². The number of alkyl carbamates (subject to hydrolysis) is 1. The molecule has 0 aromatic heterocycles.